The first-order valence-corrected chi connectivity index (χ1v) is 9.35. The summed E-state index contributed by atoms with van der Waals surface area (Å²) in [5.41, 5.74) is 4.41. The van der Waals surface area contributed by atoms with E-state index >= 15 is 0 Å². The third-order valence-electron chi connectivity index (χ3n) is 6.06. The second kappa shape index (κ2) is 6.34. The summed E-state index contributed by atoms with van der Waals surface area (Å²) in [7, 11) is 4.19. The minimum atomic E-state index is 0.132. The maximum absolute atomic E-state index is 4.80. The summed E-state index contributed by atoms with van der Waals surface area (Å²) < 4.78 is 1.90. The van der Waals surface area contributed by atoms with Gasteiger partial charge in [-0.3, -0.25) is 9.58 Å². The Morgan fingerprint density at radius 2 is 1.69 bits per heavy atom. The summed E-state index contributed by atoms with van der Waals surface area (Å²) in [5.74, 6) is 0.700. The van der Waals surface area contributed by atoms with Crippen molar-refractivity contribution < 1.29 is 0 Å². The zero-order valence-corrected chi connectivity index (χ0v) is 17.4. The molecule has 2 aromatic rings. The fourth-order valence-electron chi connectivity index (χ4n) is 4.37. The van der Waals surface area contributed by atoms with E-state index < -0.39 is 0 Å². The Balaban J connectivity index is 1.86. The number of rotatable bonds is 3. The Hall–Kier alpha value is -1.95. The first-order chi connectivity index (χ1) is 12.0. The van der Waals surface area contributed by atoms with Crippen LogP contribution in [0.1, 0.15) is 51.9 Å². The molecule has 6 nitrogen and oxygen atoms in total. The molecule has 1 N–H and O–H groups in total. The number of hydrogen-bond acceptors (Lipinski definition) is 5. The molecule has 0 spiro atoms. The normalized spacial score (nSPS) is 20.3. The molecule has 3 heterocycles. The Bertz CT molecular complexity index is 787. The molecule has 0 bridgehead atoms. The molecular formula is C20H32N6. The summed E-state index contributed by atoms with van der Waals surface area (Å²) in [6.07, 6.45) is 3.96. The SMILES string of the molecule is Cc1nn(C)c(C)c1-c1ccnc(NC2CC(C)(C)N(C)C(C)(C)C2)n1. The second-order valence-electron chi connectivity index (χ2n) is 8.87. The van der Waals surface area contributed by atoms with E-state index in [-0.39, 0.29) is 11.1 Å². The molecule has 2 aromatic heterocycles. The van der Waals surface area contributed by atoms with Crippen LogP contribution in [-0.2, 0) is 7.05 Å². The Morgan fingerprint density at radius 1 is 1.08 bits per heavy atom. The Morgan fingerprint density at radius 3 is 2.23 bits per heavy atom. The molecule has 0 aliphatic carbocycles. The first kappa shape index (κ1) is 18.8. The third kappa shape index (κ3) is 3.34. The fraction of sp³-hybridized carbons (Fsp3) is 0.650. The summed E-state index contributed by atoms with van der Waals surface area (Å²) >= 11 is 0. The van der Waals surface area contributed by atoms with Crippen LogP contribution in [0, 0.1) is 13.8 Å². The molecule has 6 heteroatoms. The average molecular weight is 357 g/mol. The third-order valence-corrected chi connectivity index (χ3v) is 6.06. The maximum atomic E-state index is 4.80. The standard InChI is InChI=1S/C20H32N6/c1-13-17(14(2)25(7)24-13)16-9-10-21-18(23-16)22-15-11-19(3,4)26(8)20(5,6)12-15/h9-10,15H,11-12H2,1-8H3,(H,21,22,23). The lowest BCUT2D eigenvalue weighted by molar-refractivity contribution is -0.00778. The van der Waals surface area contributed by atoms with E-state index in [1.54, 1.807) is 0 Å². The van der Waals surface area contributed by atoms with Crippen molar-refractivity contribution >= 4 is 5.95 Å². The van der Waals surface area contributed by atoms with Crippen molar-refractivity contribution in [3.8, 4) is 11.3 Å². The number of nitrogens with one attached hydrogen (secondary N) is 1. The monoisotopic (exact) mass is 356 g/mol. The van der Waals surface area contributed by atoms with Crippen LogP contribution < -0.4 is 5.32 Å². The number of aryl methyl sites for hydroxylation is 2. The fourth-order valence-corrected chi connectivity index (χ4v) is 4.37. The average Bonchev–Trinajstić information content (AvgIpc) is 2.77. The van der Waals surface area contributed by atoms with Crippen LogP contribution in [0.25, 0.3) is 11.3 Å². The van der Waals surface area contributed by atoms with Gasteiger partial charge in [0, 0.05) is 41.6 Å². The van der Waals surface area contributed by atoms with Gasteiger partial charge in [-0.1, -0.05) is 0 Å². The van der Waals surface area contributed by atoms with Crippen molar-refractivity contribution in [3.63, 3.8) is 0 Å². The number of piperidine rings is 1. The second-order valence-corrected chi connectivity index (χ2v) is 8.87. The highest BCUT2D eigenvalue weighted by Crippen LogP contribution is 2.37. The van der Waals surface area contributed by atoms with Gasteiger partial charge in [0.05, 0.1) is 11.4 Å². The molecule has 0 saturated carbocycles. The lowest BCUT2D eigenvalue weighted by Crippen LogP contribution is -2.61. The van der Waals surface area contributed by atoms with Crippen LogP contribution >= 0.6 is 0 Å². The van der Waals surface area contributed by atoms with Gasteiger partial charge in [-0.25, -0.2) is 9.97 Å². The van der Waals surface area contributed by atoms with E-state index in [0.717, 1.165) is 35.5 Å². The van der Waals surface area contributed by atoms with Crippen molar-refractivity contribution in [2.45, 2.75) is 71.5 Å². The van der Waals surface area contributed by atoms with Gasteiger partial charge in [-0.15, -0.1) is 0 Å². The van der Waals surface area contributed by atoms with Gasteiger partial charge in [0.25, 0.3) is 0 Å². The predicted molar refractivity (Wildman–Crippen MR) is 106 cm³/mol. The summed E-state index contributed by atoms with van der Waals surface area (Å²) in [4.78, 5) is 11.8. The largest absolute Gasteiger partial charge is 0.351 e. The van der Waals surface area contributed by atoms with Crippen LogP contribution in [0.3, 0.4) is 0 Å². The van der Waals surface area contributed by atoms with Gasteiger partial charge < -0.3 is 5.32 Å². The van der Waals surface area contributed by atoms with Crippen molar-refractivity contribution in [1.29, 1.82) is 0 Å². The molecule has 0 radical (unpaired) electrons. The van der Waals surface area contributed by atoms with Gasteiger partial charge in [-0.05, 0) is 67.5 Å². The van der Waals surface area contributed by atoms with Gasteiger partial charge in [0.1, 0.15) is 0 Å². The predicted octanol–water partition coefficient (Wildman–Crippen LogP) is 3.56. The maximum Gasteiger partial charge on any atom is 0.223 e. The zero-order valence-electron chi connectivity index (χ0n) is 17.4. The van der Waals surface area contributed by atoms with Crippen LogP contribution in [0.4, 0.5) is 5.95 Å². The molecule has 1 saturated heterocycles. The van der Waals surface area contributed by atoms with Gasteiger partial charge in [-0.2, -0.15) is 5.10 Å². The number of hydrogen-bond donors (Lipinski definition) is 1. The highest BCUT2D eigenvalue weighted by atomic mass is 15.3. The van der Waals surface area contributed by atoms with Crippen LogP contribution in [0.15, 0.2) is 12.3 Å². The Kier molecular flexibility index (Phi) is 4.59. The van der Waals surface area contributed by atoms with E-state index in [0.29, 0.717) is 12.0 Å². The van der Waals surface area contributed by atoms with E-state index in [1.807, 2.05) is 30.9 Å². The van der Waals surface area contributed by atoms with E-state index in [2.05, 4.69) is 62.0 Å². The van der Waals surface area contributed by atoms with Crippen molar-refractivity contribution in [2.24, 2.45) is 7.05 Å². The van der Waals surface area contributed by atoms with Gasteiger partial charge in [0.15, 0.2) is 0 Å². The molecule has 0 aromatic carbocycles. The van der Waals surface area contributed by atoms with Crippen LogP contribution in [0.5, 0.6) is 0 Å². The number of nitrogens with zero attached hydrogens (tertiary/aromatic N) is 5. The molecule has 1 fully saturated rings. The van der Waals surface area contributed by atoms with E-state index in [1.165, 1.54) is 0 Å². The van der Waals surface area contributed by atoms with E-state index in [9.17, 15) is 0 Å². The lowest BCUT2D eigenvalue weighted by Gasteiger charge is -2.53. The topological polar surface area (TPSA) is 58.9 Å². The molecular weight excluding hydrogens is 324 g/mol. The van der Waals surface area contributed by atoms with Crippen LogP contribution in [0.2, 0.25) is 0 Å². The van der Waals surface area contributed by atoms with Gasteiger partial charge >= 0.3 is 0 Å². The highest BCUT2D eigenvalue weighted by Gasteiger charge is 2.43. The summed E-state index contributed by atoms with van der Waals surface area (Å²) in [6, 6.07) is 2.31. The minimum Gasteiger partial charge on any atom is -0.351 e. The minimum absolute atomic E-state index is 0.132. The molecule has 0 atom stereocenters. The molecule has 0 amide bonds. The van der Waals surface area contributed by atoms with Crippen molar-refractivity contribution in [2.75, 3.05) is 12.4 Å². The lowest BCUT2D eigenvalue weighted by atomic mass is 9.77. The summed E-state index contributed by atoms with van der Waals surface area (Å²) in [5, 5.41) is 8.10. The number of anilines is 1. The molecule has 0 unspecified atom stereocenters. The highest BCUT2D eigenvalue weighted by molar-refractivity contribution is 5.65. The van der Waals surface area contributed by atoms with E-state index in [4.69, 9.17) is 4.98 Å². The molecule has 3 rings (SSSR count). The van der Waals surface area contributed by atoms with Crippen molar-refractivity contribution in [1.82, 2.24) is 24.6 Å². The summed E-state index contributed by atoms with van der Waals surface area (Å²) in [6.45, 7) is 13.3. The first-order valence-electron chi connectivity index (χ1n) is 9.35. The van der Waals surface area contributed by atoms with Gasteiger partial charge in [0.2, 0.25) is 5.95 Å². The molecule has 26 heavy (non-hydrogen) atoms. The number of aromatic nitrogens is 4. The number of likely N-dealkylation sites (tertiary alicyclic amines) is 1. The molecule has 1 aliphatic rings. The molecule has 1 aliphatic heterocycles. The molecule has 142 valence electrons. The quantitative estimate of drug-likeness (QED) is 0.911. The Labute approximate surface area is 157 Å². The van der Waals surface area contributed by atoms with Crippen LogP contribution in [-0.4, -0.2) is 48.8 Å². The smallest absolute Gasteiger partial charge is 0.223 e. The zero-order chi connectivity index (χ0) is 19.3. The van der Waals surface area contributed by atoms with Crippen molar-refractivity contribution in [3.05, 3.63) is 23.7 Å².